The number of aromatic amines is 1. The zero-order chi connectivity index (χ0) is 20.8. The lowest BCUT2D eigenvalue weighted by atomic mass is 10.2. The van der Waals surface area contributed by atoms with Gasteiger partial charge < -0.3 is 19.4 Å². The van der Waals surface area contributed by atoms with Gasteiger partial charge in [-0.2, -0.15) is 0 Å². The lowest BCUT2D eigenvalue weighted by molar-refractivity contribution is 0.0783. The van der Waals surface area contributed by atoms with Crippen molar-refractivity contribution < 1.29 is 4.79 Å². The van der Waals surface area contributed by atoms with Crippen LogP contribution in [-0.4, -0.2) is 57.5 Å². The lowest BCUT2D eigenvalue weighted by Gasteiger charge is -2.18. The number of nitrogens with zero attached hydrogens (tertiary/aromatic N) is 5. The molecule has 1 aromatic carbocycles. The molecule has 0 aliphatic carbocycles. The van der Waals surface area contributed by atoms with Crippen molar-refractivity contribution in [2.75, 3.05) is 32.1 Å². The molecule has 0 spiro atoms. The number of anilines is 1. The predicted octanol–water partition coefficient (Wildman–Crippen LogP) is 3.63. The average Bonchev–Trinajstić information content (AvgIpc) is 3.47. The summed E-state index contributed by atoms with van der Waals surface area (Å²) in [5.74, 6) is 1.08. The Kier molecular flexibility index (Phi) is 4.46. The van der Waals surface area contributed by atoms with Crippen molar-refractivity contribution in [2.24, 2.45) is 0 Å². The van der Waals surface area contributed by atoms with E-state index in [1.54, 1.807) is 0 Å². The first-order valence-electron chi connectivity index (χ1n) is 10.5. The Morgan fingerprint density at radius 2 is 2.13 bits per heavy atom. The van der Waals surface area contributed by atoms with Crippen LogP contribution in [-0.2, 0) is 6.42 Å². The number of hydrogen-bond donors (Lipinski definition) is 1. The van der Waals surface area contributed by atoms with Crippen LogP contribution in [0.3, 0.4) is 0 Å². The highest BCUT2D eigenvalue weighted by atomic mass is 16.2. The number of hydrogen-bond acceptors (Lipinski definition) is 4. The Labute approximate surface area is 175 Å². The van der Waals surface area contributed by atoms with Crippen molar-refractivity contribution in [3.8, 4) is 0 Å². The van der Waals surface area contributed by atoms with Crippen LogP contribution in [0.15, 0.2) is 42.6 Å². The molecule has 30 heavy (non-hydrogen) atoms. The Hall–Kier alpha value is -3.35. The fourth-order valence-corrected chi connectivity index (χ4v) is 4.43. The van der Waals surface area contributed by atoms with E-state index >= 15 is 0 Å². The minimum Gasteiger partial charge on any atom is -0.378 e. The number of benzene rings is 1. The summed E-state index contributed by atoms with van der Waals surface area (Å²) in [6.45, 7) is 3.52. The molecule has 0 bridgehead atoms. The topological polar surface area (TPSA) is 70.1 Å². The molecule has 7 heteroatoms. The second kappa shape index (κ2) is 7.16. The van der Waals surface area contributed by atoms with Gasteiger partial charge in [-0.05, 0) is 36.8 Å². The van der Waals surface area contributed by atoms with E-state index in [1.165, 1.54) is 0 Å². The first-order valence-corrected chi connectivity index (χ1v) is 10.5. The number of aromatic nitrogens is 4. The van der Waals surface area contributed by atoms with E-state index in [-0.39, 0.29) is 11.9 Å². The maximum Gasteiger partial charge on any atom is 0.270 e. The number of aryl methyl sites for hydroxylation is 1. The van der Waals surface area contributed by atoms with Crippen LogP contribution in [0.4, 0.5) is 5.69 Å². The molecule has 3 aromatic heterocycles. The number of carbonyl (C=O) groups is 1. The molecule has 1 amide bonds. The first-order chi connectivity index (χ1) is 14.5. The van der Waals surface area contributed by atoms with E-state index in [1.807, 2.05) is 43.4 Å². The van der Waals surface area contributed by atoms with Gasteiger partial charge in [-0.1, -0.05) is 13.0 Å². The summed E-state index contributed by atoms with van der Waals surface area (Å²) in [5, 5.41) is 1.05. The van der Waals surface area contributed by atoms with Crippen molar-refractivity contribution in [3.63, 3.8) is 0 Å². The molecule has 1 saturated heterocycles. The number of fused-ring (bicyclic) bond motifs is 2. The SMILES string of the molecule is CCc1nc2cccnc2n1[C@@H]1CCN(C(=O)c2cc3ccc(N(C)C)cc3[nH]2)C1. The van der Waals surface area contributed by atoms with Gasteiger partial charge in [-0.15, -0.1) is 0 Å². The van der Waals surface area contributed by atoms with Gasteiger partial charge in [-0.3, -0.25) is 4.79 Å². The molecule has 0 radical (unpaired) electrons. The lowest BCUT2D eigenvalue weighted by Crippen LogP contribution is -2.29. The number of imidazole rings is 1. The monoisotopic (exact) mass is 402 g/mol. The van der Waals surface area contributed by atoms with Crippen LogP contribution in [0.25, 0.3) is 22.1 Å². The number of carbonyl (C=O) groups excluding carboxylic acids is 1. The minimum atomic E-state index is 0.0514. The van der Waals surface area contributed by atoms with Gasteiger partial charge in [0.2, 0.25) is 0 Å². The second-order valence-corrected chi connectivity index (χ2v) is 8.14. The molecule has 0 saturated carbocycles. The number of nitrogens with one attached hydrogen (secondary N) is 1. The molecule has 1 atom stereocenters. The van der Waals surface area contributed by atoms with Gasteiger partial charge in [0.25, 0.3) is 5.91 Å². The third kappa shape index (κ3) is 3.01. The normalized spacial score (nSPS) is 16.6. The highest BCUT2D eigenvalue weighted by molar-refractivity contribution is 5.98. The number of likely N-dealkylation sites (tertiary alicyclic amines) is 1. The Morgan fingerprint density at radius 3 is 2.93 bits per heavy atom. The molecule has 7 nitrogen and oxygen atoms in total. The van der Waals surface area contributed by atoms with Crippen LogP contribution in [0.2, 0.25) is 0 Å². The number of H-pyrrole nitrogens is 1. The van der Waals surface area contributed by atoms with Crippen molar-refractivity contribution in [3.05, 3.63) is 54.1 Å². The van der Waals surface area contributed by atoms with Crippen LogP contribution < -0.4 is 4.90 Å². The minimum absolute atomic E-state index is 0.0514. The van der Waals surface area contributed by atoms with Crippen LogP contribution >= 0.6 is 0 Å². The standard InChI is InChI=1S/C23H26N6O/c1-4-21-26-18-6-5-10-24-22(18)29(21)17-9-11-28(14-17)23(30)20-12-15-7-8-16(27(2)3)13-19(15)25-20/h5-8,10,12-13,17,25H,4,9,11,14H2,1-3H3/t17-/m1/s1. The summed E-state index contributed by atoms with van der Waals surface area (Å²) in [4.78, 5) is 29.8. The van der Waals surface area contributed by atoms with Crippen molar-refractivity contribution in [1.82, 2.24) is 24.4 Å². The third-order valence-electron chi connectivity index (χ3n) is 6.01. The second-order valence-electron chi connectivity index (χ2n) is 8.14. The van der Waals surface area contributed by atoms with E-state index in [4.69, 9.17) is 4.98 Å². The summed E-state index contributed by atoms with van der Waals surface area (Å²) in [7, 11) is 4.03. The van der Waals surface area contributed by atoms with E-state index < -0.39 is 0 Å². The highest BCUT2D eigenvalue weighted by Crippen LogP contribution is 2.29. The van der Waals surface area contributed by atoms with E-state index in [0.717, 1.165) is 53.0 Å². The quantitative estimate of drug-likeness (QED) is 0.566. The largest absolute Gasteiger partial charge is 0.378 e. The van der Waals surface area contributed by atoms with Gasteiger partial charge >= 0.3 is 0 Å². The van der Waals surface area contributed by atoms with Crippen molar-refractivity contribution >= 4 is 33.7 Å². The predicted molar refractivity (Wildman–Crippen MR) is 119 cm³/mol. The number of amides is 1. The summed E-state index contributed by atoms with van der Waals surface area (Å²) in [5.41, 5.74) is 4.57. The smallest absolute Gasteiger partial charge is 0.270 e. The zero-order valence-corrected chi connectivity index (χ0v) is 17.6. The Bertz CT molecular complexity index is 1240. The molecular formula is C23H26N6O. The molecule has 0 unspecified atom stereocenters. The molecule has 4 heterocycles. The average molecular weight is 403 g/mol. The van der Waals surface area contributed by atoms with Crippen LogP contribution in [0.1, 0.15) is 35.7 Å². The maximum atomic E-state index is 13.2. The van der Waals surface area contributed by atoms with Gasteiger partial charge in [0.05, 0.1) is 6.04 Å². The summed E-state index contributed by atoms with van der Waals surface area (Å²) in [6, 6.07) is 12.3. The molecule has 5 rings (SSSR count). The highest BCUT2D eigenvalue weighted by Gasteiger charge is 2.31. The zero-order valence-electron chi connectivity index (χ0n) is 17.6. The van der Waals surface area contributed by atoms with Gasteiger partial charge in [0.15, 0.2) is 5.65 Å². The molecule has 1 aliphatic heterocycles. The fourth-order valence-electron chi connectivity index (χ4n) is 4.43. The van der Waals surface area contributed by atoms with Gasteiger partial charge in [0.1, 0.15) is 17.0 Å². The molecule has 1 N–H and O–H groups in total. The van der Waals surface area contributed by atoms with Crippen LogP contribution in [0.5, 0.6) is 0 Å². The Balaban J connectivity index is 1.41. The molecule has 4 aromatic rings. The van der Waals surface area contributed by atoms with E-state index in [9.17, 15) is 4.79 Å². The first kappa shape index (κ1) is 18.7. The number of pyridine rings is 1. The molecule has 1 fully saturated rings. The van der Waals surface area contributed by atoms with Gasteiger partial charge in [0, 0.05) is 56.4 Å². The molecule has 154 valence electrons. The Morgan fingerprint density at radius 1 is 1.27 bits per heavy atom. The van der Waals surface area contributed by atoms with Crippen molar-refractivity contribution in [2.45, 2.75) is 25.8 Å². The maximum absolute atomic E-state index is 13.2. The van der Waals surface area contributed by atoms with Crippen LogP contribution in [0, 0.1) is 0 Å². The molecule has 1 aliphatic rings. The van der Waals surface area contributed by atoms with Crippen molar-refractivity contribution in [1.29, 1.82) is 0 Å². The third-order valence-corrected chi connectivity index (χ3v) is 6.01. The summed E-state index contributed by atoms with van der Waals surface area (Å²) >= 11 is 0. The van der Waals surface area contributed by atoms with Gasteiger partial charge in [-0.25, -0.2) is 9.97 Å². The van der Waals surface area contributed by atoms with E-state index in [2.05, 4.69) is 44.6 Å². The van der Waals surface area contributed by atoms with E-state index in [0.29, 0.717) is 12.2 Å². The summed E-state index contributed by atoms with van der Waals surface area (Å²) < 4.78 is 2.23. The molecular weight excluding hydrogens is 376 g/mol. The summed E-state index contributed by atoms with van der Waals surface area (Å²) in [6.07, 6.45) is 3.56. The fraction of sp³-hybridized carbons (Fsp3) is 0.348. The number of rotatable bonds is 4.